The molecule has 2 amide bonds. The van der Waals surface area contributed by atoms with E-state index in [1.807, 2.05) is 25.1 Å². The van der Waals surface area contributed by atoms with Gasteiger partial charge in [-0.2, -0.15) is 0 Å². The van der Waals surface area contributed by atoms with Crippen LogP contribution >= 0.6 is 0 Å². The van der Waals surface area contributed by atoms with Crippen molar-refractivity contribution >= 4 is 12.0 Å². The lowest BCUT2D eigenvalue weighted by Gasteiger charge is -2.44. The molecule has 2 rings (SSSR count). The summed E-state index contributed by atoms with van der Waals surface area (Å²) in [5, 5.41) is 11.3. The highest BCUT2D eigenvalue weighted by atomic mass is 16.4. The second-order valence-corrected chi connectivity index (χ2v) is 6.14. The largest absolute Gasteiger partial charge is 0.481 e. The van der Waals surface area contributed by atoms with E-state index in [0.717, 1.165) is 13.1 Å². The number of hydrogen-bond donors (Lipinski definition) is 2. The van der Waals surface area contributed by atoms with Gasteiger partial charge in [-0.3, -0.25) is 9.69 Å². The molecule has 0 radical (unpaired) electrons. The van der Waals surface area contributed by atoms with E-state index in [-0.39, 0.29) is 31.1 Å². The number of carbonyl (C=O) groups is 2. The Morgan fingerprint density at radius 1 is 1.17 bits per heavy atom. The molecule has 2 unspecified atom stereocenters. The van der Waals surface area contributed by atoms with Crippen molar-refractivity contribution in [3.8, 4) is 0 Å². The normalized spacial score (nSPS) is 21.9. The number of aliphatic carboxylic acids is 1. The summed E-state index contributed by atoms with van der Waals surface area (Å²) in [5.74, 6) is -0.903. The van der Waals surface area contributed by atoms with Crippen molar-refractivity contribution in [3.63, 3.8) is 0 Å². The Balaban J connectivity index is 1.88. The summed E-state index contributed by atoms with van der Waals surface area (Å²) in [6.45, 7) is 6.64. The molecule has 0 aromatic heterocycles. The van der Waals surface area contributed by atoms with Gasteiger partial charge >= 0.3 is 12.0 Å². The van der Waals surface area contributed by atoms with E-state index in [2.05, 4.69) is 29.3 Å². The molecule has 126 valence electrons. The highest BCUT2D eigenvalue weighted by Gasteiger charge is 2.31. The number of carboxylic acid groups (broad SMARTS) is 1. The summed E-state index contributed by atoms with van der Waals surface area (Å²) in [6, 6.07) is 10.5. The molecule has 1 aliphatic rings. The number of urea groups is 1. The van der Waals surface area contributed by atoms with E-state index in [4.69, 9.17) is 5.11 Å². The van der Waals surface area contributed by atoms with Gasteiger partial charge in [0.05, 0.1) is 6.42 Å². The summed E-state index contributed by atoms with van der Waals surface area (Å²) in [6.07, 6.45) is -0.0519. The number of benzene rings is 1. The highest BCUT2D eigenvalue weighted by molar-refractivity contribution is 5.75. The zero-order valence-electron chi connectivity index (χ0n) is 13.7. The number of piperazine rings is 1. The molecule has 1 aromatic rings. The average Bonchev–Trinajstić information content (AvgIpc) is 2.51. The minimum atomic E-state index is -0.903. The second-order valence-electron chi connectivity index (χ2n) is 6.14. The third kappa shape index (κ3) is 4.96. The number of hydrogen-bond acceptors (Lipinski definition) is 3. The predicted molar refractivity (Wildman–Crippen MR) is 88.1 cm³/mol. The van der Waals surface area contributed by atoms with Crippen molar-refractivity contribution < 1.29 is 14.7 Å². The third-order valence-corrected chi connectivity index (χ3v) is 4.22. The van der Waals surface area contributed by atoms with E-state index in [1.165, 1.54) is 5.56 Å². The molecule has 0 aliphatic carbocycles. The molecule has 1 aliphatic heterocycles. The zero-order chi connectivity index (χ0) is 16.8. The Labute approximate surface area is 137 Å². The first-order valence-electron chi connectivity index (χ1n) is 8.01. The zero-order valence-corrected chi connectivity index (χ0v) is 13.7. The summed E-state index contributed by atoms with van der Waals surface area (Å²) in [5.41, 5.74) is 1.27. The fourth-order valence-corrected chi connectivity index (χ4v) is 2.90. The van der Waals surface area contributed by atoms with Crippen LogP contribution in [0.15, 0.2) is 30.3 Å². The molecule has 1 aromatic carbocycles. The van der Waals surface area contributed by atoms with Crippen molar-refractivity contribution in [1.82, 2.24) is 15.1 Å². The van der Waals surface area contributed by atoms with Gasteiger partial charge in [-0.25, -0.2) is 4.79 Å². The summed E-state index contributed by atoms with van der Waals surface area (Å²) in [4.78, 5) is 26.9. The van der Waals surface area contributed by atoms with Crippen LogP contribution in [0.4, 0.5) is 4.79 Å². The molecule has 2 atom stereocenters. The first kappa shape index (κ1) is 17.3. The Morgan fingerprint density at radius 3 is 2.52 bits per heavy atom. The van der Waals surface area contributed by atoms with Crippen LogP contribution < -0.4 is 5.32 Å². The van der Waals surface area contributed by atoms with Gasteiger partial charge in [0, 0.05) is 38.3 Å². The summed E-state index contributed by atoms with van der Waals surface area (Å²) < 4.78 is 0. The van der Waals surface area contributed by atoms with Crippen LogP contribution in [0.2, 0.25) is 0 Å². The number of carbonyl (C=O) groups excluding carboxylic acids is 1. The molecular formula is C17H25N3O3. The molecule has 2 N–H and O–H groups in total. The Morgan fingerprint density at radius 2 is 1.87 bits per heavy atom. The van der Waals surface area contributed by atoms with Gasteiger partial charge in [0.25, 0.3) is 0 Å². The lowest BCUT2D eigenvalue weighted by Crippen LogP contribution is -2.59. The first-order chi connectivity index (χ1) is 11.0. The Kier molecular flexibility index (Phi) is 5.98. The SMILES string of the molecule is CC1CN(C(=O)NCCC(=O)O)C(C)CN1Cc1ccccc1. The number of amides is 2. The molecule has 1 fully saturated rings. The monoisotopic (exact) mass is 319 g/mol. The smallest absolute Gasteiger partial charge is 0.317 e. The molecule has 1 saturated heterocycles. The number of nitrogens with one attached hydrogen (secondary N) is 1. The lowest BCUT2D eigenvalue weighted by molar-refractivity contribution is -0.136. The second kappa shape index (κ2) is 7.97. The summed E-state index contributed by atoms with van der Waals surface area (Å²) >= 11 is 0. The van der Waals surface area contributed by atoms with E-state index in [0.29, 0.717) is 6.54 Å². The van der Waals surface area contributed by atoms with E-state index >= 15 is 0 Å². The lowest BCUT2D eigenvalue weighted by atomic mass is 10.1. The highest BCUT2D eigenvalue weighted by Crippen LogP contribution is 2.18. The first-order valence-corrected chi connectivity index (χ1v) is 8.01. The van der Waals surface area contributed by atoms with Gasteiger partial charge in [-0.05, 0) is 19.4 Å². The fraction of sp³-hybridized carbons (Fsp3) is 0.529. The quantitative estimate of drug-likeness (QED) is 0.867. The van der Waals surface area contributed by atoms with Crippen molar-refractivity contribution in [1.29, 1.82) is 0 Å². The van der Waals surface area contributed by atoms with Gasteiger partial charge in [0.15, 0.2) is 0 Å². The molecule has 0 saturated carbocycles. The molecule has 6 nitrogen and oxygen atoms in total. The maximum absolute atomic E-state index is 12.2. The van der Waals surface area contributed by atoms with Gasteiger partial charge in [-0.1, -0.05) is 30.3 Å². The molecule has 1 heterocycles. The van der Waals surface area contributed by atoms with Crippen molar-refractivity contribution in [2.24, 2.45) is 0 Å². The molecule has 6 heteroatoms. The van der Waals surface area contributed by atoms with Crippen LogP contribution in [0.5, 0.6) is 0 Å². The predicted octanol–water partition coefficient (Wildman–Crippen LogP) is 1.77. The van der Waals surface area contributed by atoms with Crippen LogP contribution in [0.3, 0.4) is 0 Å². The van der Waals surface area contributed by atoms with Crippen LogP contribution in [0.1, 0.15) is 25.8 Å². The minimum Gasteiger partial charge on any atom is -0.481 e. The van der Waals surface area contributed by atoms with Gasteiger partial charge in [0.1, 0.15) is 0 Å². The maximum Gasteiger partial charge on any atom is 0.317 e. The van der Waals surface area contributed by atoms with Crippen molar-refractivity contribution in [2.75, 3.05) is 19.6 Å². The number of carboxylic acids is 1. The van der Waals surface area contributed by atoms with Crippen LogP contribution in [0.25, 0.3) is 0 Å². The number of nitrogens with zero attached hydrogens (tertiary/aromatic N) is 2. The standard InChI is InChI=1S/C17H25N3O3/c1-13-11-20(17(23)18-9-8-16(21)22)14(2)10-19(13)12-15-6-4-3-5-7-15/h3-7,13-14H,8-12H2,1-2H3,(H,18,23)(H,21,22). The van der Waals surface area contributed by atoms with Crippen molar-refractivity contribution in [2.45, 2.75) is 38.9 Å². The Bertz CT molecular complexity index is 535. The van der Waals surface area contributed by atoms with Gasteiger partial charge in [-0.15, -0.1) is 0 Å². The van der Waals surface area contributed by atoms with Crippen LogP contribution in [0, 0.1) is 0 Å². The molecular weight excluding hydrogens is 294 g/mol. The van der Waals surface area contributed by atoms with Crippen LogP contribution in [-0.2, 0) is 11.3 Å². The molecule has 23 heavy (non-hydrogen) atoms. The third-order valence-electron chi connectivity index (χ3n) is 4.22. The average molecular weight is 319 g/mol. The summed E-state index contributed by atoms with van der Waals surface area (Å²) in [7, 11) is 0. The fourth-order valence-electron chi connectivity index (χ4n) is 2.90. The van der Waals surface area contributed by atoms with E-state index in [9.17, 15) is 9.59 Å². The van der Waals surface area contributed by atoms with Gasteiger partial charge in [0.2, 0.25) is 0 Å². The topological polar surface area (TPSA) is 72.9 Å². The molecule has 0 bridgehead atoms. The van der Waals surface area contributed by atoms with E-state index in [1.54, 1.807) is 4.90 Å². The maximum atomic E-state index is 12.2. The molecule has 0 spiro atoms. The van der Waals surface area contributed by atoms with Crippen LogP contribution in [-0.4, -0.2) is 58.6 Å². The Hall–Kier alpha value is -2.08. The van der Waals surface area contributed by atoms with Crippen molar-refractivity contribution in [3.05, 3.63) is 35.9 Å². The van der Waals surface area contributed by atoms with Gasteiger partial charge < -0.3 is 15.3 Å². The minimum absolute atomic E-state index is 0.0519. The number of rotatable bonds is 5. The van der Waals surface area contributed by atoms with E-state index < -0.39 is 5.97 Å².